The van der Waals surface area contributed by atoms with Crippen LogP contribution >= 0.6 is 0 Å². The lowest BCUT2D eigenvalue weighted by Crippen LogP contribution is -2.48. The van der Waals surface area contributed by atoms with Gasteiger partial charge in [-0.15, -0.1) is 0 Å². The zero-order valence-electron chi connectivity index (χ0n) is 11.3. The molecule has 0 aliphatic carbocycles. The second kappa shape index (κ2) is 7.24. The molecule has 2 N–H and O–H groups in total. The molecule has 18 heavy (non-hydrogen) atoms. The average Bonchev–Trinajstić information content (AvgIpc) is 2.60. The number of nitrogens with zero attached hydrogens (tertiary/aromatic N) is 1. The average molecular weight is 256 g/mol. The van der Waals surface area contributed by atoms with Gasteiger partial charge in [0.2, 0.25) is 0 Å². The van der Waals surface area contributed by atoms with Crippen molar-refractivity contribution in [1.82, 2.24) is 10.2 Å². The number of nitrogens with one attached hydrogen (secondary N) is 1. The lowest BCUT2D eigenvalue weighted by molar-refractivity contribution is -0.139. The topological polar surface area (TPSA) is 69.6 Å². The van der Waals surface area contributed by atoms with Crippen LogP contribution in [-0.4, -0.2) is 41.1 Å². The van der Waals surface area contributed by atoms with Gasteiger partial charge in [-0.3, -0.25) is 0 Å². The number of carboxylic acid groups (broad SMARTS) is 1. The second-order valence-corrected chi connectivity index (χ2v) is 4.94. The van der Waals surface area contributed by atoms with Crippen LogP contribution in [0, 0.1) is 5.92 Å². The summed E-state index contributed by atoms with van der Waals surface area (Å²) >= 11 is 0. The molecule has 0 aromatic rings. The van der Waals surface area contributed by atoms with Crippen LogP contribution in [0.5, 0.6) is 0 Å². The molecule has 0 bridgehead atoms. The van der Waals surface area contributed by atoms with Crippen LogP contribution in [0.2, 0.25) is 0 Å². The Bertz CT molecular complexity index is 294. The number of hydrogen-bond donors (Lipinski definition) is 2. The van der Waals surface area contributed by atoms with Crippen molar-refractivity contribution in [3.8, 4) is 0 Å². The zero-order valence-corrected chi connectivity index (χ0v) is 11.3. The van der Waals surface area contributed by atoms with E-state index >= 15 is 0 Å². The molecule has 1 aliphatic rings. The van der Waals surface area contributed by atoms with E-state index in [0.29, 0.717) is 12.3 Å². The summed E-state index contributed by atoms with van der Waals surface area (Å²) in [4.78, 5) is 24.6. The maximum Gasteiger partial charge on any atom is 0.326 e. The minimum atomic E-state index is -0.966. The first-order valence-corrected chi connectivity index (χ1v) is 6.86. The minimum absolute atomic E-state index is 0.235. The van der Waals surface area contributed by atoms with Crippen molar-refractivity contribution in [2.45, 2.75) is 52.0 Å². The molecule has 5 nitrogen and oxygen atoms in total. The molecule has 2 amide bonds. The number of urea groups is 1. The van der Waals surface area contributed by atoms with Crippen molar-refractivity contribution < 1.29 is 14.7 Å². The van der Waals surface area contributed by atoms with Crippen LogP contribution < -0.4 is 5.32 Å². The molecule has 0 aromatic carbocycles. The van der Waals surface area contributed by atoms with E-state index in [0.717, 1.165) is 38.8 Å². The molecule has 1 heterocycles. The van der Waals surface area contributed by atoms with Crippen molar-refractivity contribution in [2.24, 2.45) is 5.92 Å². The van der Waals surface area contributed by atoms with Crippen molar-refractivity contribution in [3.05, 3.63) is 0 Å². The van der Waals surface area contributed by atoms with Crippen molar-refractivity contribution in [2.75, 3.05) is 13.1 Å². The summed E-state index contributed by atoms with van der Waals surface area (Å²) in [6.07, 6.45) is 4.76. The van der Waals surface area contributed by atoms with Crippen molar-refractivity contribution >= 4 is 12.0 Å². The van der Waals surface area contributed by atoms with Gasteiger partial charge in [0.15, 0.2) is 0 Å². The molecule has 104 valence electrons. The molecular weight excluding hydrogens is 232 g/mol. The fourth-order valence-corrected chi connectivity index (χ4v) is 2.36. The first kappa shape index (κ1) is 14.8. The Morgan fingerprint density at radius 2 is 2.06 bits per heavy atom. The number of hydrogen-bond acceptors (Lipinski definition) is 2. The monoisotopic (exact) mass is 256 g/mol. The first-order valence-electron chi connectivity index (χ1n) is 6.86. The third-order valence-electron chi connectivity index (χ3n) is 3.72. The highest BCUT2D eigenvalue weighted by atomic mass is 16.4. The Morgan fingerprint density at radius 1 is 1.33 bits per heavy atom. The molecule has 1 saturated heterocycles. The van der Waals surface area contributed by atoms with E-state index in [1.165, 1.54) is 0 Å². The molecule has 1 unspecified atom stereocenters. The summed E-state index contributed by atoms with van der Waals surface area (Å²) in [6.45, 7) is 5.41. The molecule has 2 atom stereocenters. The predicted octanol–water partition coefficient (Wildman–Crippen LogP) is 2.07. The standard InChI is InChI=1S/C13H24N2O3/c1-3-10-6-5-8-15(9-7-10)13(18)14-11(4-2)12(16)17/h10-11H,3-9H2,1-2H3,(H,14,18)(H,16,17)/t10?,11-/m1/s1. The van der Waals surface area contributed by atoms with Gasteiger partial charge in [-0.2, -0.15) is 0 Å². The highest BCUT2D eigenvalue weighted by Crippen LogP contribution is 2.20. The SMILES string of the molecule is CCC1CCCN(C(=O)N[C@H](CC)C(=O)O)CC1. The Balaban J connectivity index is 2.48. The number of amides is 2. The normalized spacial score (nSPS) is 22.1. The van der Waals surface area contributed by atoms with Crippen molar-refractivity contribution in [3.63, 3.8) is 0 Å². The quantitative estimate of drug-likeness (QED) is 0.809. The lowest BCUT2D eigenvalue weighted by Gasteiger charge is -2.23. The maximum absolute atomic E-state index is 12.0. The van der Waals surface area contributed by atoms with Crippen molar-refractivity contribution in [1.29, 1.82) is 0 Å². The molecule has 0 saturated carbocycles. The molecule has 0 aromatic heterocycles. The van der Waals surface area contributed by atoms with Crippen LogP contribution in [0.15, 0.2) is 0 Å². The van der Waals surface area contributed by atoms with Crippen LogP contribution in [-0.2, 0) is 4.79 Å². The van der Waals surface area contributed by atoms with Gasteiger partial charge in [0.1, 0.15) is 6.04 Å². The van der Waals surface area contributed by atoms with E-state index in [1.54, 1.807) is 11.8 Å². The molecular formula is C13H24N2O3. The number of carbonyl (C=O) groups excluding carboxylic acids is 1. The molecule has 1 aliphatic heterocycles. The van der Waals surface area contributed by atoms with E-state index in [2.05, 4.69) is 12.2 Å². The molecule has 0 radical (unpaired) electrons. The van der Waals surface area contributed by atoms with E-state index < -0.39 is 12.0 Å². The van der Waals surface area contributed by atoms with E-state index in [4.69, 9.17) is 5.11 Å². The minimum Gasteiger partial charge on any atom is -0.480 e. The molecule has 0 spiro atoms. The highest BCUT2D eigenvalue weighted by Gasteiger charge is 2.23. The van der Waals surface area contributed by atoms with Crippen LogP contribution in [0.4, 0.5) is 4.79 Å². The summed E-state index contributed by atoms with van der Waals surface area (Å²) in [5, 5.41) is 11.5. The van der Waals surface area contributed by atoms with Gasteiger partial charge in [0, 0.05) is 13.1 Å². The lowest BCUT2D eigenvalue weighted by atomic mass is 9.98. The second-order valence-electron chi connectivity index (χ2n) is 4.94. The summed E-state index contributed by atoms with van der Waals surface area (Å²) in [6, 6.07) is -1.01. The predicted molar refractivity (Wildman–Crippen MR) is 69.5 cm³/mol. The van der Waals surface area contributed by atoms with Gasteiger partial charge in [-0.25, -0.2) is 9.59 Å². The summed E-state index contributed by atoms with van der Waals surface area (Å²) in [7, 11) is 0. The van der Waals surface area contributed by atoms with Gasteiger partial charge in [0.25, 0.3) is 0 Å². The Labute approximate surface area is 109 Å². The summed E-state index contributed by atoms with van der Waals surface area (Å²) in [5.41, 5.74) is 0. The van der Waals surface area contributed by atoms with Gasteiger partial charge in [-0.05, 0) is 31.6 Å². The highest BCUT2D eigenvalue weighted by molar-refractivity contribution is 5.82. The van der Waals surface area contributed by atoms with E-state index in [-0.39, 0.29) is 6.03 Å². The fraction of sp³-hybridized carbons (Fsp3) is 0.846. The van der Waals surface area contributed by atoms with E-state index in [9.17, 15) is 9.59 Å². The third kappa shape index (κ3) is 4.20. The van der Waals surface area contributed by atoms with Gasteiger partial charge in [0.05, 0.1) is 0 Å². The molecule has 5 heteroatoms. The first-order chi connectivity index (χ1) is 8.58. The smallest absolute Gasteiger partial charge is 0.326 e. The number of likely N-dealkylation sites (tertiary alicyclic amines) is 1. The molecule has 1 rings (SSSR count). The Hall–Kier alpha value is -1.26. The summed E-state index contributed by atoms with van der Waals surface area (Å²) < 4.78 is 0. The summed E-state index contributed by atoms with van der Waals surface area (Å²) in [5.74, 6) is -0.267. The third-order valence-corrected chi connectivity index (χ3v) is 3.72. The van der Waals surface area contributed by atoms with Crippen LogP contribution in [0.3, 0.4) is 0 Å². The molecule has 1 fully saturated rings. The zero-order chi connectivity index (χ0) is 13.5. The van der Waals surface area contributed by atoms with Gasteiger partial charge in [-0.1, -0.05) is 20.3 Å². The maximum atomic E-state index is 12.0. The Kier molecular flexibility index (Phi) is 5.95. The van der Waals surface area contributed by atoms with Crippen LogP contribution in [0.25, 0.3) is 0 Å². The number of aliphatic carboxylic acids is 1. The fourth-order valence-electron chi connectivity index (χ4n) is 2.36. The number of carboxylic acids is 1. The number of carbonyl (C=O) groups is 2. The largest absolute Gasteiger partial charge is 0.480 e. The van der Waals surface area contributed by atoms with E-state index in [1.807, 2.05) is 0 Å². The van der Waals surface area contributed by atoms with Gasteiger partial charge < -0.3 is 15.3 Å². The number of rotatable bonds is 4. The Morgan fingerprint density at radius 3 is 2.61 bits per heavy atom. The van der Waals surface area contributed by atoms with Crippen LogP contribution in [0.1, 0.15) is 46.0 Å². The van der Waals surface area contributed by atoms with Gasteiger partial charge >= 0.3 is 12.0 Å².